The number of aryl methyl sites for hydroxylation is 2. The molecule has 0 atom stereocenters. The summed E-state index contributed by atoms with van der Waals surface area (Å²) < 4.78 is 80.5. The lowest BCUT2D eigenvalue weighted by Gasteiger charge is -2.15. The van der Waals surface area contributed by atoms with Gasteiger partial charge in [-0.05, 0) is 37.6 Å². The molecule has 150 valence electrons. The second-order valence-corrected chi connectivity index (χ2v) is 6.54. The molecule has 0 saturated heterocycles. The monoisotopic (exact) mass is 422 g/mol. The third-order valence-electron chi connectivity index (χ3n) is 4.08. The van der Waals surface area contributed by atoms with Crippen molar-refractivity contribution >= 4 is 28.3 Å². The lowest BCUT2D eigenvalue weighted by atomic mass is 10.1. The highest BCUT2D eigenvalue weighted by Gasteiger charge is 2.38. The summed E-state index contributed by atoms with van der Waals surface area (Å²) in [6.45, 7) is 2.76. The van der Waals surface area contributed by atoms with Crippen LogP contribution in [0, 0.1) is 13.8 Å². The maximum Gasteiger partial charge on any atom is 0.434 e. The molecule has 3 rings (SSSR count). The maximum absolute atomic E-state index is 13.5. The molecule has 0 aliphatic heterocycles. The molecule has 2 aromatic heterocycles. The van der Waals surface area contributed by atoms with Crippen LogP contribution in [0.2, 0.25) is 5.02 Å². The van der Waals surface area contributed by atoms with Gasteiger partial charge >= 0.3 is 12.4 Å². The van der Waals surface area contributed by atoms with Crippen LogP contribution >= 0.6 is 11.6 Å². The van der Waals surface area contributed by atoms with Crippen molar-refractivity contribution in [2.24, 2.45) is 0 Å². The lowest BCUT2D eigenvalue weighted by Crippen LogP contribution is -2.11. The molecular weight excluding hydrogens is 410 g/mol. The summed E-state index contributed by atoms with van der Waals surface area (Å²) in [4.78, 5) is 3.58. The number of benzene rings is 1. The number of fused-ring (bicyclic) bond motifs is 1. The number of hydrogen-bond donors (Lipinski definition) is 1. The molecule has 0 saturated carbocycles. The average molecular weight is 423 g/mol. The van der Waals surface area contributed by atoms with E-state index in [1.54, 1.807) is 0 Å². The van der Waals surface area contributed by atoms with Gasteiger partial charge in [-0.15, -0.1) is 0 Å². The largest absolute Gasteiger partial charge is 0.434 e. The SMILES string of the molecule is CNc1c2c(C(F)(F)F)nc(C)cc2nn1-c1c(C)cc(C(F)(F)F)cc1Cl. The fourth-order valence-electron chi connectivity index (χ4n) is 3.00. The second kappa shape index (κ2) is 6.54. The number of pyridine rings is 1. The summed E-state index contributed by atoms with van der Waals surface area (Å²) in [7, 11) is 1.38. The molecule has 0 unspecified atom stereocenters. The topological polar surface area (TPSA) is 42.7 Å². The molecule has 0 bridgehead atoms. The van der Waals surface area contributed by atoms with Crippen LogP contribution in [0.5, 0.6) is 0 Å². The zero-order valence-electron chi connectivity index (χ0n) is 14.7. The number of nitrogens with zero attached hydrogens (tertiary/aromatic N) is 3. The van der Waals surface area contributed by atoms with Crippen LogP contribution in [0.1, 0.15) is 22.5 Å². The van der Waals surface area contributed by atoms with Crippen molar-refractivity contribution in [2.45, 2.75) is 26.2 Å². The summed E-state index contributed by atoms with van der Waals surface area (Å²) in [5, 5.41) is 6.19. The minimum Gasteiger partial charge on any atom is -0.372 e. The van der Waals surface area contributed by atoms with Gasteiger partial charge in [0.2, 0.25) is 0 Å². The van der Waals surface area contributed by atoms with Crippen molar-refractivity contribution in [2.75, 3.05) is 12.4 Å². The van der Waals surface area contributed by atoms with Gasteiger partial charge in [-0.25, -0.2) is 9.67 Å². The van der Waals surface area contributed by atoms with Gasteiger partial charge in [0.25, 0.3) is 0 Å². The van der Waals surface area contributed by atoms with Gasteiger partial charge in [0.05, 0.1) is 27.2 Å². The Hall–Kier alpha value is -2.49. The minimum atomic E-state index is -4.75. The smallest absolute Gasteiger partial charge is 0.372 e. The minimum absolute atomic E-state index is 0.0143. The van der Waals surface area contributed by atoms with Crippen LogP contribution in [0.15, 0.2) is 18.2 Å². The molecule has 11 heteroatoms. The Morgan fingerprint density at radius 3 is 2.14 bits per heavy atom. The average Bonchev–Trinajstić information content (AvgIpc) is 2.89. The third-order valence-corrected chi connectivity index (χ3v) is 4.37. The van der Waals surface area contributed by atoms with E-state index in [1.165, 1.54) is 27.0 Å². The van der Waals surface area contributed by atoms with E-state index >= 15 is 0 Å². The fraction of sp³-hybridized carbons (Fsp3) is 0.294. The number of anilines is 1. The Morgan fingerprint density at radius 2 is 1.64 bits per heavy atom. The van der Waals surface area contributed by atoms with Crippen molar-refractivity contribution < 1.29 is 26.3 Å². The van der Waals surface area contributed by atoms with Crippen molar-refractivity contribution in [3.05, 3.63) is 45.7 Å². The first-order chi connectivity index (χ1) is 12.8. The molecule has 2 heterocycles. The molecule has 4 nitrogen and oxygen atoms in total. The van der Waals surface area contributed by atoms with Crippen LogP contribution in [-0.4, -0.2) is 21.8 Å². The lowest BCUT2D eigenvalue weighted by molar-refractivity contribution is -0.140. The fourth-order valence-corrected chi connectivity index (χ4v) is 3.34. The summed E-state index contributed by atoms with van der Waals surface area (Å²) in [6, 6.07) is 2.93. The van der Waals surface area contributed by atoms with Gasteiger partial charge in [0.1, 0.15) is 5.82 Å². The number of rotatable bonds is 2. The van der Waals surface area contributed by atoms with E-state index in [2.05, 4.69) is 15.4 Å². The summed E-state index contributed by atoms with van der Waals surface area (Å²) in [5.41, 5.74) is -1.88. The van der Waals surface area contributed by atoms with E-state index in [0.717, 1.165) is 10.7 Å². The van der Waals surface area contributed by atoms with Crippen LogP contribution in [0.3, 0.4) is 0 Å². The zero-order valence-corrected chi connectivity index (χ0v) is 15.5. The first-order valence-corrected chi connectivity index (χ1v) is 8.25. The Balaban J connectivity index is 2.37. The standard InChI is InChI=1S/C17H13ClF6N4/c1-7-4-9(16(19,20)21)6-10(18)13(7)28-15(25-3)12-11(27-28)5-8(2)26-14(12)17(22,23)24/h4-6,25H,1-3H3. The molecule has 1 aromatic carbocycles. The Labute approximate surface area is 160 Å². The maximum atomic E-state index is 13.5. The first kappa shape index (κ1) is 20.2. The number of alkyl halides is 6. The van der Waals surface area contributed by atoms with E-state index in [4.69, 9.17) is 11.6 Å². The molecule has 0 amide bonds. The highest BCUT2D eigenvalue weighted by Crippen LogP contribution is 2.41. The van der Waals surface area contributed by atoms with E-state index in [0.29, 0.717) is 6.07 Å². The molecule has 0 radical (unpaired) electrons. The molecule has 3 aromatic rings. The molecular formula is C17H13ClF6N4. The van der Waals surface area contributed by atoms with E-state index in [1.807, 2.05) is 0 Å². The second-order valence-electron chi connectivity index (χ2n) is 6.14. The van der Waals surface area contributed by atoms with E-state index in [-0.39, 0.29) is 38.7 Å². The van der Waals surface area contributed by atoms with Crippen LogP contribution in [0.25, 0.3) is 16.6 Å². The van der Waals surface area contributed by atoms with Gasteiger partial charge in [-0.3, -0.25) is 0 Å². The number of hydrogen-bond acceptors (Lipinski definition) is 3. The highest BCUT2D eigenvalue weighted by molar-refractivity contribution is 6.32. The molecule has 0 fully saturated rings. The normalized spacial score (nSPS) is 12.6. The molecule has 0 aliphatic carbocycles. The molecule has 0 spiro atoms. The summed E-state index contributed by atoms with van der Waals surface area (Å²) in [6.07, 6.45) is -9.36. The number of nitrogens with one attached hydrogen (secondary N) is 1. The molecule has 28 heavy (non-hydrogen) atoms. The molecule has 1 N–H and O–H groups in total. The Kier molecular flexibility index (Phi) is 4.73. The predicted molar refractivity (Wildman–Crippen MR) is 92.9 cm³/mol. The van der Waals surface area contributed by atoms with Crippen LogP contribution in [0.4, 0.5) is 32.2 Å². The van der Waals surface area contributed by atoms with Crippen molar-refractivity contribution in [3.8, 4) is 5.69 Å². The van der Waals surface area contributed by atoms with Gasteiger partial charge in [0.15, 0.2) is 5.69 Å². The van der Waals surface area contributed by atoms with Gasteiger partial charge in [0, 0.05) is 12.7 Å². The van der Waals surface area contributed by atoms with Crippen LogP contribution in [-0.2, 0) is 12.4 Å². The Morgan fingerprint density at radius 1 is 1.00 bits per heavy atom. The highest BCUT2D eigenvalue weighted by atomic mass is 35.5. The summed E-state index contributed by atoms with van der Waals surface area (Å²) in [5.74, 6) is -0.0837. The predicted octanol–water partition coefficient (Wildman–Crippen LogP) is 5.77. The third kappa shape index (κ3) is 3.36. The quantitative estimate of drug-likeness (QED) is 0.533. The van der Waals surface area contributed by atoms with E-state index < -0.39 is 23.6 Å². The molecule has 0 aliphatic rings. The van der Waals surface area contributed by atoms with E-state index in [9.17, 15) is 26.3 Å². The van der Waals surface area contributed by atoms with Crippen molar-refractivity contribution in [3.63, 3.8) is 0 Å². The number of aromatic nitrogens is 3. The van der Waals surface area contributed by atoms with Crippen LogP contribution < -0.4 is 5.32 Å². The Bertz CT molecular complexity index is 1050. The zero-order chi connectivity index (χ0) is 21.0. The van der Waals surface area contributed by atoms with Gasteiger partial charge in [-0.1, -0.05) is 11.6 Å². The number of halogens is 7. The first-order valence-electron chi connectivity index (χ1n) is 7.87. The van der Waals surface area contributed by atoms with Crippen molar-refractivity contribution in [1.29, 1.82) is 0 Å². The van der Waals surface area contributed by atoms with Gasteiger partial charge < -0.3 is 5.32 Å². The van der Waals surface area contributed by atoms with Gasteiger partial charge in [-0.2, -0.15) is 31.4 Å². The van der Waals surface area contributed by atoms with Crippen molar-refractivity contribution in [1.82, 2.24) is 14.8 Å². The summed E-state index contributed by atoms with van der Waals surface area (Å²) >= 11 is 6.07.